The van der Waals surface area contributed by atoms with E-state index in [1.165, 1.54) is 0 Å². The summed E-state index contributed by atoms with van der Waals surface area (Å²) in [6.45, 7) is 4.16. The van der Waals surface area contributed by atoms with Crippen molar-refractivity contribution in [1.82, 2.24) is 0 Å². The van der Waals surface area contributed by atoms with Gasteiger partial charge >= 0.3 is 0 Å². The van der Waals surface area contributed by atoms with Gasteiger partial charge in [0.2, 0.25) is 0 Å². The second-order valence-corrected chi connectivity index (χ2v) is 8.61. The lowest BCUT2D eigenvalue weighted by Crippen LogP contribution is -2.21. The zero-order chi connectivity index (χ0) is 15.9. The highest BCUT2D eigenvalue weighted by Gasteiger charge is 2.32. The van der Waals surface area contributed by atoms with Crippen LogP contribution in [-0.2, 0) is 5.41 Å². The van der Waals surface area contributed by atoms with Crippen LogP contribution >= 0.6 is 63.7 Å². The van der Waals surface area contributed by atoms with Crippen molar-refractivity contribution in [2.45, 2.75) is 19.3 Å². The van der Waals surface area contributed by atoms with Crippen LogP contribution < -0.4 is 0 Å². The van der Waals surface area contributed by atoms with Crippen molar-refractivity contribution < 1.29 is 10.2 Å². The predicted molar refractivity (Wildman–Crippen MR) is 99.1 cm³/mol. The maximum atomic E-state index is 9.69. The summed E-state index contributed by atoms with van der Waals surface area (Å²) >= 11 is 14.1. The van der Waals surface area contributed by atoms with Gasteiger partial charge in [-0.05, 0) is 35.4 Å². The number of halogens is 4. The normalized spacial score (nSPS) is 11.7. The molecule has 2 N–H and O–H groups in total. The minimum atomic E-state index is -0.378. The Hall–Kier alpha value is -0.0400. The van der Waals surface area contributed by atoms with Gasteiger partial charge < -0.3 is 10.2 Å². The van der Waals surface area contributed by atoms with Crippen LogP contribution in [0.2, 0.25) is 0 Å². The Bertz CT molecular complexity index is 605. The van der Waals surface area contributed by atoms with E-state index in [0.717, 1.165) is 29.0 Å². The average molecular weight is 544 g/mol. The molecule has 0 amide bonds. The molecule has 2 aromatic carbocycles. The summed E-state index contributed by atoms with van der Waals surface area (Å²) in [4.78, 5) is 0. The van der Waals surface area contributed by atoms with Crippen molar-refractivity contribution in [3.8, 4) is 11.5 Å². The minimum absolute atomic E-state index is 0.192. The molecule has 0 saturated heterocycles. The van der Waals surface area contributed by atoms with Gasteiger partial charge in [0.1, 0.15) is 11.5 Å². The van der Waals surface area contributed by atoms with E-state index in [-0.39, 0.29) is 16.9 Å². The molecule has 2 nitrogen and oxygen atoms in total. The minimum Gasteiger partial charge on any atom is -0.508 e. The van der Waals surface area contributed by atoms with Gasteiger partial charge in [0.15, 0.2) is 0 Å². The van der Waals surface area contributed by atoms with Crippen LogP contribution in [0.3, 0.4) is 0 Å². The fraction of sp³-hybridized carbons (Fsp3) is 0.200. The van der Waals surface area contributed by atoms with E-state index in [9.17, 15) is 10.2 Å². The predicted octanol–water partition coefficient (Wildman–Crippen LogP) is 6.47. The zero-order valence-corrected chi connectivity index (χ0v) is 17.6. The number of hydrogen-bond donors (Lipinski definition) is 2. The molecule has 112 valence electrons. The Morgan fingerprint density at radius 2 is 0.905 bits per heavy atom. The third-order valence-corrected chi connectivity index (χ3v) is 5.81. The molecule has 0 atom stereocenters. The van der Waals surface area contributed by atoms with E-state index >= 15 is 0 Å². The van der Waals surface area contributed by atoms with Crippen LogP contribution in [0.15, 0.2) is 42.2 Å². The Labute approximate surface area is 157 Å². The van der Waals surface area contributed by atoms with Gasteiger partial charge in [0.25, 0.3) is 0 Å². The SMILES string of the molecule is CC(C)(c1c(Br)cc(O)cc1Br)c1c(Br)cc(O)cc1Br. The summed E-state index contributed by atoms with van der Waals surface area (Å²) in [7, 11) is 0. The number of benzene rings is 2. The zero-order valence-electron chi connectivity index (χ0n) is 11.2. The van der Waals surface area contributed by atoms with E-state index in [4.69, 9.17) is 0 Å². The Morgan fingerprint density at radius 3 is 1.14 bits per heavy atom. The topological polar surface area (TPSA) is 40.5 Å². The molecule has 0 heterocycles. The van der Waals surface area contributed by atoms with E-state index in [2.05, 4.69) is 77.6 Å². The van der Waals surface area contributed by atoms with Crippen molar-refractivity contribution in [1.29, 1.82) is 0 Å². The fourth-order valence-corrected chi connectivity index (χ4v) is 6.75. The van der Waals surface area contributed by atoms with E-state index in [1.807, 2.05) is 0 Å². The van der Waals surface area contributed by atoms with Crippen LogP contribution in [0, 0.1) is 0 Å². The van der Waals surface area contributed by atoms with Crippen molar-refractivity contribution >= 4 is 63.7 Å². The largest absolute Gasteiger partial charge is 0.508 e. The van der Waals surface area contributed by atoms with Crippen molar-refractivity contribution in [3.05, 3.63) is 53.3 Å². The average Bonchev–Trinajstić information content (AvgIpc) is 2.23. The molecule has 0 aromatic heterocycles. The van der Waals surface area contributed by atoms with Gasteiger partial charge in [-0.15, -0.1) is 0 Å². The second kappa shape index (κ2) is 6.22. The highest BCUT2D eigenvalue weighted by atomic mass is 79.9. The molecule has 6 heteroatoms. The number of rotatable bonds is 2. The molecule has 2 aromatic rings. The number of phenolic OH excluding ortho intramolecular Hbond substituents is 2. The first-order chi connectivity index (χ1) is 9.64. The molecule has 0 radical (unpaired) electrons. The molecular formula is C15H12Br4O2. The Kier molecular flexibility index (Phi) is 5.13. The van der Waals surface area contributed by atoms with Crippen LogP contribution in [0.5, 0.6) is 11.5 Å². The molecule has 0 fully saturated rings. The molecular weight excluding hydrogens is 532 g/mol. The van der Waals surface area contributed by atoms with Gasteiger partial charge in [0.05, 0.1) is 0 Å². The van der Waals surface area contributed by atoms with E-state index < -0.39 is 0 Å². The van der Waals surface area contributed by atoms with Gasteiger partial charge in [0, 0.05) is 23.3 Å². The smallest absolute Gasteiger partial charge is 0.117 e. The summed E-state index contributed by atoms with van der Waals surface area (Å²) in [6.07, 6.45) is 0. The first kappa shape index (κ1) is 17.3. The first-order valence-corrected chi connectivity index (χ1v) is 9.18. The van der Waals surface area contributed by atoms with Crippen LogP contribution in [0.25, 0.3) is 0 Å². The van der Waals surface area contributed by atoms with Crippen LogP contribution in [0.4, 0.5) is 0 Å². The molecule has 0 aliphatic rings. The molecule has 0 aliphatic carbocycles. The molecule has 0 spiro atoms. The van der Waals surface area contributed by atoms with Crippen molar-refractivity contribution in [3.63, 3.8) is 0 Å². The van der Waals surface area contributed by atoms with Crippen LogP contribution in [0.1, 0.15) is 25.0 Å². The lowest BCUT2D eigenvalue weighted by atomic mass is 9.78. The fourth-order valence-electron chi connectivity index (χ4n) is 2.44. The van der Waals surface area contributed by atoms with Crippen LogP contribution in [-0.4, -0.2) is 10.2 Å². The summed E-state index contributed by atoms with van der Waals surface area (Å²) in [5.74, 6) is 0.384. The van der Waals surface area contributed by atoms with Gasteiger partial charge in [-0.3, -0.25) is 0 Å². The molecule has 0 saturated carbocycles. The highest BCUT2D eigenvalue weighted by Crippen LogP contribution is 2.47. The van der Waals surface area contributed by atoms with Gasteiger partial charge in [-0.2, -0.15) is 0 Å². The van der Waals surface area contributed by atoms with E-state index in [0.29, 0.717) is 0 Å². The summed E-state index contributed by atoms with van der Waals surface area (Å²) < 4.78 is 3.25. The van der Waals surface area contributed by atoms with Crippen molar-refractivity contribution in [2.75, 3.05) is 0 Å². The highest BCUT2D eigenvalue weighted by molar-refractivity contribution is 9.11. The van der Waals surface area contributed by atoms with Crippen molar-refractivity contribution in [2.24, 2.45) is 0 Å². The maximum Gasteiger partial charge on any atom is 0.117 e. The third kappa shape index (κ3) is 3.33. The number of phenols is 2. The monoisotopic (exact) mass is 540 g/mol. The second-order valence-electron chi connectivity index (χ2n) is 5.19. The summed E-state index contributed by atoms with van der Waals surface area (Å²) in [6, 6.07) is 6.68. The van der Waals surface area contributed by atoms with E-state index in [1.54, 1.807) is 24.3 Å². The number of aromatic hydroxyl groups is 2. The Balaban J connectivity index is 2.74. The number of hydrogen-bond acceptors (Lipinski definition) is 2. The first-order valence-electron chi connectivity index (χ1n) is 6.01. The third-order valence-electron chi connectivity index (χ3n) is 3.30. The molecule has 2 rings (SSSR count). The molecule has 21 heavy (non-hydrogen) atoms. The maximum absolute atomic E-state index is 9.69. The quantitative estimate of drug-likeness (QED) is 0.456. The van der Waals surface area contributed by atoms with Gasteiger partial charge in [-0.25, -0.2) is 0 Å². The summed E-state index contributed by atoms with van der Waals surface area (Å²) in [5, 5.41) is 19.4. The lowest BCUT2D eigenvalue weighted by Gasteiger charge is -2.30. The lowest BCUT2D eigenvalue weighted by molar-refractivity contribution is 0.472. The van der Waals surface area contributed by atoms with Gasteiger partial charge in [-0.1, -0.05) is 77.6 Å². The standard InChI is InChI=1S/C15H12Br4O2/c1-15(2,13-9(16)3-7(20)4-10(13)17)14-11(18)5-8(21)6-12(14)19/h3-6,20-21H,1-2H3. The summed E-state index contributed by atoms with van der Waals surface area (Å²) in [5.41, 5.74) is 1.64. The Morgan fingerprint density at radius 1 is 0.667 bits per heavy atom. The molecule has 0 unspecified atom stereocenters. The molecule has 0 bridgehead atoms. The molecule has 0 aliphatic heterocycles.